The molecule has 3 heterocycles. The highest BCUT2D eigenvalue weighted by Crippen LogP contribution is 2.25. The number of non-ortho nitro benzene ring substituents is 1. The number of aromatic nitrogens is 3. The number of para-hydroxylation sites is 1. The van der Waals surface area contributed by atoms with E-state index in [-0.39, 0.29) is 11.2 Å². The summed E-state index contributed by atoms with van der Waals surface area (Å²) in [5, 5.41) is 18.1. The van der Waals surface area contributed by atoms with Gasteiger partial charge < -0.3 is 9.64 Å². The molecule has 2 aromatic heterocycles. The zero-order valence-electron chi connectivity index (χ0n) is 24.6. The Morgan fingerprint density at radius 3 is 2.30 bits per heavy atom. The van der Waals surface area contributed by atoms with Gasteiger partial charge in [-0.05, 0) is 55.8 Å². The molecule has 1 fully saturated rings. The molecular formula is C32H31N7O4S. The van der Waals surface area contributed by atoms with Gasteiger partial charge in [-0.3, -0.25) is 19.6 Å². The van der Waals surface area contributed by atoms with Gasteiger partial charge >= 0.3 is 0 Å². The van der Waals surface area contributed by atoms with Crippen molar-refractivity contribution in [2.45, 2.75) is 13.8 Å². The first-order valence-corrected chi connectivity index (χ1v) is 15.0. The van der Waals surface area contributed by atoms with Crippen molar-refractivity contribution < 1.29 is 9.66 Å². The molecule has 0 aliphatic carbocycles. The number of morpholine rings is 1. The zero-order valence-corrected chi connectivity index (χ0v) is 25.4. The van der Waals surface area contributed by atoms with E-state index in [9.17, 15) is 14.9 Å². The molecular weight excluding hydrogens is 578 g/mol. The summed E-state index contributed by atoms with van der Waals surface area (Å²) in [6, 6.07) is 24.0. The van der Waals surface area contributed by atoms with Gasteiger partial charge in [0.1, 0.15) is 0 Å². The van der Waals surface area contributed by atoms with E-state index < -0.39 is 4.92 Å². The van der Waals surface area contributed by atoms with Crippen LogP contribution in [0, 0.1) is 17.0 Å². The van der Waals surface area contributed by atoms with Gasteiger partial charge in [0.15, 0.2) is 5.69 Å². The standard InChI is InChI=1S/C32H31N7O4S/c1-22(24-9-13-26(14-10-24)36-17-19-43-20-18-36)34-37-29(25-11-15-28(16-12-25)39(41)42)21-44-32(37)33-30-23(2)35(3)38(31(30)40)27-7-5-4-6-8-27/h4-16,21H,17-20H2,1-3H3. The van der Waals surface area contributed by atoms with Crippen LogP contribution in [-0.4, -0.2) is 51.0 Å². The number of rotatable bonds is 7. The average molecular weight is 610 g/mol. The summed E-state index contributed by atoms with van der Waals surface area (Å²) in [4.78, 5) is 32.1. The Morgan fingerprint density at radius 1 is 0.955 bits per heavy atom. The Balaban J connectivity index is 1.46. The molecule has 5 aromatic rings. The van der Waals surface area contributed by atoms with Gasteiger partial charge in [0.05, 0.1) is 40.9 Å². The number of ether oxygens (including phenoxy) is 1. The molecule has 3 aromatic carbocycles. The van der Waals surface area contributed by atoms with Crippen molar-refractivity contribution >= 4 is 34.1 Å². The summed E-state index contributed by atoms with van der Waals surface area (Å²) in [7, 11) is 1.83. The topological polar surface area (TPSA) is 112 Å². The van der Waals surface area contributed by atoms with E-state index in [1.165, 1.54) is 23.5 Å². The third-order valence-electron chi connectivity index (χ3n) is 7.70. The van der Waals surface area contributed by atoms with Crippen LogP contribution in [0.5, 0.6) is 0 Å². The zero-order chi connectivity index (χ0) is 30.8. The lowest BCUT2D eigenvalue weighted by atomic mass is 10.1. The maximum absolute atomic E-state index is 13.6. The van der Waals surface area contributed by atoms with E-state index in [0.29, 0.717) is 35.1 Å². The highest BCUT2D eigenvalue weighted by Gasteiger charge is 2.18. The molecule has 224 valence electrons. The van der Waals surface area contributed by atoms with Crippen LogP contribution in [0.3, 0.4) is 0 Å². The largest absolute Gasteiger partial charge is 0.378 e. The summed E-state index contributed by atoms with van der Waals surface area (Å²) in [6.45, 7) is 6.92. The van der Waals surface area contributed by atoms with E-state index in [4.69, 9.17) is 14.8 Å². The van der Waals surface area contributed by atoms with Gasteiger partial charge in [-0.2, -0.15) is 5.10 Å². The van der Waals surface area contributed by atoms with Crippen LogP contribution in [0.15, 0.2) is 99.1 Å². The number of hydrogen-bond acceptors (Lipinski definition) is 8. The molecule has 0 bridgehead atoms. The fourth-order valence-electron chi connectivity index (χ4n) is 5.15. The summed E-state index contributed by atoms with van der Waals surface area (Å²) in [5.74, 6) is 0. The summed E-state index contributed by atoms with van der Waals surface area (Å²) >= 11 is 1.34. The maximum Gasteiger partial charge on any atom is 0.297 e. The lowest BCUT2D eigenvalue weighted by Crippen LogP contribution is -2.36. The quantitative estimate of drug-likeness (QED) is 0.142. The Morgan fingerprint density at radius 2 is 1.64 bits per heavy atom. The highest BCUT2D eigenvalue weighted by atomic mass is 32.1. The minimum Gasteiger partial charge on any atom is -0.378 e. The molecule has 0 N–H and O–H groups in total. The third kappa shape index (κ3) is 5.64. The molecule has 0 unspecified atom stereocenters. The lowest BCUT2D eigenvalue weighted by molar-refractivity contribution is -0.384. The highest BCUT2D eigenvalue weighted by molar-refractivity contribution is 7.07. The molecule has 12 heteroatoms. The fourth-order valence-corrected chi connectivity index (χ4v) is 5.98. The molecule has 0 atom stereocenters. The third-order valence-corrected chi connectivity index (χ3v) is 8.52. The van der Waals surface area contributed by atoms with Crippen LogP contribution in [0.2, 0.25) is 0 Å². The molecule has 11 nitrogen and oxygen atoms in total. The van der Waals surface area contributed by atoms with Crippen molar-refractivity contribution in [2.75, 3.05) is 31.2 Å². The minimum atomic E-state index is -0.426. The first-order chi connectivity index (χ1) is 21.3. The molecule has 0 radical (unpaired) electrons. The molecule has 0 saturated carbocycles. The number of nitro groups is 1. The van der Waals surface area contributed by atoms with Crippen LogP contribution < -0.4 is 15.3 Å². The van der Waals surface area contributed by atoms with Crippen molar-refractivity contribution in [2.24, 2.45) is 17.1 Å². The van der Waals surface area contributed by atoms with Crippen LogP contribution in [0.1, 0.15) is 18.2 Å². The van der Waals surface area contributed by atoms with Gasteiger partial charge in [0, 0.05) is 48.9 Å². The average Bonchev–Trinajstić information content (AvgIpc) is 3.54. The Bertz CT molecular complexity index is 1960. The molecule has 1 saturated heterocycles. The van der Waals surface area contributed by atoms with E-state index in [0.717, 1.165) is 41.3 Å². The number of anilines is 1. The molecule has 44 heavy (non-hydrogen) atoms. The van der Waals surface area contributed by atoms with Crippen molar-refractivity contribution in [1.82, 2.24) is 14.0 Å². The summed E-state index contributed by atoms with van der Waals surface area (Å²) in [6.07, 6.45) is 0. The summed E-state index contributed by atoms with van der Waals surface area (Å²) in [5.41, 5.74) is 5.75. The number of nitro benzene ring substituents is 1. The smallest absolute Gasteiger partial charge is 0.297 e. The van der Waals surface area contributed by atoms with Crippen molar-refractivity contribution in [3.8, 4) is 16.9 Å². The number of benzene rings is 3. The van der Waals surface area contributed by atoms with Crippen LogP contribution in [0.4, 0.5) is 17.1 Å². The second kappa shape index (κ2) is 12.3. The number of nitrogens with zero attached hydrogens (tertiary/aromatic N) is 7. The van der Waals surface area contributed by atoms with Crippen LogP contribution in [0.25, 0.3) is 16.9 Å². The van der Waals surface area contributed by atoms with Gasteiger partial charge in [0.25, 0.3) is 11.2 Å². The molecule has 6 rings (SSSR count). The van der Waals surface area contributed by atoms with E-state index in [1.807, 2.05) is 68.7 Å². The molecule has 0 spiro atoms. The van der Waals surface area contributed by atoms with Gasteiger partial charge in [-0.25, -0.2) is 14.4 Å². The SMILES string of the molecule is CC(=Nn1c(-c2ccc([N+](=O)[O-])cc2)csc1=Nc1c(C)n(C)n(-c2ccccc2)c1=O)c1ccc(N2CCOCC2)cc1. The molecule has 1 aliphatic heterocycles. The number of thiazole rings is 1. The minimum absolute atomic E-state index is 0.00172. The maximum atomic E-state index is 13.6. The van der Waals surface area contributed by atoms with Crippen molar-refractivity contribution in [3.05, 3.63) is 121 Å². The fraction of sp³-hybridized carbons (Fsp3) is 0.219. The Labute approximate surface area is 257 Å². The van der Waals surface area contributed by atoms with E-state index in [1.54, 1.807) is 26.2 Å². The van der Waals surface area contributed by atoms with Gasteiger partial charge in [0.2, 0.25) is 4.80 Å². The molecule has 0 amide bonds. The Hall–Kier alpha value is -5.07. The predicted octanol–water partition coefficient (Wildman–Crippen LogP) is 5.26. The van der Waals surface area contributed by atoms with Crippen molar-refractivity contribution in [3.63, 3.8) is 0 Å². The predicted molar refractivity (Wildman–Crippen MR) is 172 cm³/mol. The second-order valence-corrected chi connectivity index (χ2v) is 11.2. The number of hydrogen-bond donors (Lipinski definition) is 0. The van der Waals surface area contributed by atoms with E-state index >= 15 is 0 Å². The van der Waals surface area contributed by atoms with Crippen LogP contribution >= 0.6 is 11.3 Å². The first-order valence-electron chi connectivity index (χ1n) is 14.1. The normalized spacial score (nSPS) is 14.3. The second-order valence-electron chi connectivity index (χ2n) is 10.4. The van der Waals surface area contributed by atoms with Crippen molar-refractivity contribution in [1.29, 1.82) is 0 Å². The van der Waals surface area contributed by atoms with Gasteiger partial charge in [-0.15, -0.1) is 11.3 Å². The monoisotopic (exact) mass is 609 g/mol. The lowest BCUT2D eigenvalue weighted by Gasteiger charge is -2.28. The Kier molecular flexibility index (Phi) is 8.09. The van der Waals surface area contributed by atoms with Gasteiger partial charge in [-0.1, -0.05) is 30.3 Å². The first kappa shape index (κ1) is 29.0. The molecule has 1 aliphatic rings. The summed E-state index contributed by atoms with van der Waals surface area (Å²) < 4.78 is 10.6. The van der Waals surface area contributed by atoms with Crippen LogP contribution in [-0.2, 0) is 11.8 Å². The van der Waals surface area contributed by atoms with E-state index in [2.05, 4.69) is 17.0 Å².